The van der Waals surface area contributed by atoms with E-state index in [0.29, 0.717) is 0 Å². The summed E-state index contributed by atoms with van der Waals surface area (Å²) in [5.74, 6) is 0. The molecule has 0 saturated heterocycles. The smallest absolute Gasteiger partial charge is 0.0644 e. The van der Waals surface area contributed by atoms with Gasteiger partial charge in [0, 0.05) is 35.4 Å². The summed E-state index contributed by atoms with van der Waals surface area (Å²) >= 11 is 6.06. The first-order valence-electron chi connectivity index (χ1n) is 6.91. The largest absolute Gasteiger partial charge is 0.304 e. The van der Waals surface area contributed by atoms with Crippen molar-refractivity contribution in [3.05, 3.63) is 51.8 Å². The molecule has 1 aromatic heterocycles. The standard InChI is InChI=1S/C16H22ClN3/c1-10(14-7-6-8-15(17)9-14)18-11(2)16-12(3)19-20(5)13(16)4/h6-11,18H,1-5H3. The lowest BCUT2D eigenvalue weighted by atomic mass is 10.0. The molecule has 20 heavy (non-hydrogen) atoms. The molecule has 2 aromatic rings. The molecule has 4 heteroatoms. The Bertz CT molecular complexity index is 604. The Morgan fingerprint density at radius 2 is 1.90 bits per heavy atom. The van der Waals surface area contributed by atoms with Crippen molar-refractivity contribution in [2.24, 2.45) is 7.05 Å². The van der Waals surface area contributed by atoms with E-state index in [2.05, 4.69) is 44.2 Å². The second-order valence-corrected chi connectivity index (χ2v) is 5.81. The third kappa shape index (κ3) is 3.05. The third-order valence-corrected chi connectivity index (χ3v) is 4.08. The van der Waals surface area contributed by atoms with Crippen LogP contribution in [0.3, 0.4) is 0 Å². The van der Waals surface area contributed by atoms with Crippen LogP contribution in [-0.2, 0) is 7.05 Å². The molecule has 0 aliphatic rings. The van der Waals surface area contributed by atoms with Crippen LogP contribution in [0.25, 0.3) is 0 Å². The van der Waals surface area contributed by atoms with Gasteiger partial charge in [-0.15, -0.1) is 0 Å². The average molecular weight is 292 g/mol. The fraction of sp³-hybridized carbons (Fsp3) is 0.438. The lowest BCUT2D eigenvalue weighted by Crippen LogP contribution is -2.23. The summed E-state index contributed by atoms with van der Waals surface area (Å²) in [6.45, 7) is 8.50. The third-order valence-electron chi connectivity index (χ3n) is 3.85. The molecule has 2 atom stereocenters. The van der Waals surface area contributed by atoms with Crippen LogP contribution < -0.4 is 5.32 Å². The highest BCUT2D eigenvalue weighted by molar-refractivity contribution is 6.30. The predicted molar refractivity (Wildman–Crippen MR) is 84.1 cm³/mol. The van der Waals surface area contributed by atoms with Crippen molar-refractivity contribution in [1.82, 2.24) is 15.1 Å². The van der Waals surface area contributed by atoms with Crippen LogP contribution in [0.1, 0.15) is 48.4 Å². The molecule has 0 spiro atoms. The van der Waals surface area contributed by atoms with E-state index in [1.807, 2.05) is 29.9 Å². The van der Waals surface area contributed by atoms with Crippen molar-refractivity contribution in [3.63, 3.8) is 0 Å². The second kappa shape index (κ2) is 5.98. The van der Waals surface area contributed by atoms with Gasteiger partial charge in [-0.25, -0.2) is 0 Å². The maximum absolute atomic E-state index is 6.06. The molecule has 0 aliphatic heterocycles. The van der Waals surface area contributed by atoms with Gasteiger partial charge in [0.25, 0.3) is 0 Å². The van der Waals surface area contributed by atoms with E-state index in [0.717, 1.165) is 10.7 Å². The molecule has 108 valence electrons. The van der Waals surface area contributed by atoms with E-state index >= 15 is 0 Å². The SMILES string of the molecule is Cc1nn(C)c(C)c1C(C)NC(C)c1cccc(Cl)c1. The van der Waals surface area contributed by atoms with E-state index in [-0.39, 0.29) is 12.1 Å². The predicted octanol–water partition coefficient (Wildman–Crippen LogP) is 4.10. The summed E-state index contributed by atoms with van der Waals surface area (Å²) < 4.78 is 1.94. The molecule has 0 radical (unpaired) electrons. The molecule has 3 nitrogen and oxygen atoms in total. The minimum atomic E-state index is 0.239. The van der Waals surface area contributed by atoms with Crippen molar-refractivity contribution in [2.75, 3.05) is 0 Å². The summed E-state index contributed by atoms with van der Waals surface area (Å²) in [6.07, 6.45) is 0. The highest BCUT2D eigenvalue weighted by Gasteiger charge is 2.18. The topological polar surface area (TPSA) is 29.9 Å². The number of nitrogens with zero attached hydrogens (tertiary/aromatic N) is 2. The van der Waals surface area contributed by atoms with Crippen LogP contribution in [-0.4, -0.2) is 9.78 Å². The van der Waals surface area contributed by atoms with Gasteiger partial charge >= 0.3 is 0 Å². The minimum absolute atomic E-state index is 0.239. The first-order chi connectivity index (χ1) is 9.40. The maximum Gasteiger partial charge on any atom is 0.0644 e. The zero-order valence-electron chi connectivity index (χ0n) is 12.7. The number of benzene rings is 1. The summed E-state index contributed by atoms with van der Waals surface area (Å²) in [6, 6.07) is 8.48. The van der Waals surface area contributed by atoms with Gasteiger partial charge in [-0.05, 0) is 45.4 Å². The summed E-state index contributed by atoms with van der Waals surface area (Å²) in [5.41, 5.74) is 4.77. The van der Waals surface area contributed by atoms with E-state index < -0.39 is 0 Å². The summed E-state index contributed by atoms with van der Waals surface area (Å²) in [7, 11) is 1.99. The highest BCUT2D eigenvalue weighted by atomic mass is 35.5. The molecule has 1 N–H and O–H groups in total. The average Bonchev–Trinajstić information content (AvgIpc) is 2.63. The fourth-order valence-electron chi connectivity index (χ4n) is 2.75. The second-order valence-electron chi connectivity index (χ2n) is 5.37. The van der Waals surface area contributed by atoms with Crippen LogP contribution in [0, 0.1) is 13.8 Å². The Labute approximate surface area is 126 Å². The zero-order chi connectivity index (χ0) is 14.9. The van der Waals surface area contributed by atoms with Gasteiger partial charge in [0.15, 0.2) is 0 Å². The van der Waals surface area contributed by atoms with Gasteiger partial charge in [-0.1, -0.05) is 23.7 Å². The molecule has 0 aliphatic carbocycles. The minimum Gasteiger partial charge on any atom is -0.304 e. The Hall–Kier alpha value is -1.32. The van der Waals surface area contributed by atoms with Crippen molar-refractivity contribution in [2.45, 2.75) is 39.8 Å². The number of hydrogen-bond donors (Lipinski definition) is 1. The highest BCUT2D eigenvalue weighted by Crippen LogP contribution is 2.25. The summed E-state index contributed by atoms with van der Waals surface area (Å²) in [4.78, 5) is 0. The van der Waals surface area contributed by atoms with E-state index in [1.165, 1.54) is 16.8 Å². The van der Waals surface area contributed by atoms with Gasteiger partial charge < -0.3 is 5.32 Å². The number of nitrogens with one attached hydrogen (secondary N) is 1. The number of rotatable bonds is 4. The Morgan fingerprint density at radius 3 is 2.45 bits per heavy atom. The molecule has 1 aromatic carbocycles. The van der Waals surface area contributed by atoms with Gasteiger partial charge in [-0.3, -0.25) is 4.68 Å². The molecule has 0 amide bonds. The van der Waals surface area contributed by atoms with Crippen LogP contribution in [0.4, 0.5) is 0 Å². The van der Waals surface area contributed by atoms with Crippen molar-refractivity contribution in [1.29, 1.82) is 0 Å². The van der Waals surface area contributed by atoms with Crippen LogP contribution in [0.5, 0.6) is 0 Å². The molecular weight excluding hydrogens is 270 g/mol. The van der Waals surface area contributed by atoms with Crippen LogP contribution >= 0.6 is 11.6 Å². The first-order valence-corrected chi connectivity index (χ1v) is 7.29. The molecule has 0 bridgehead atoms. The van der Waals surface area contributed by atoms with Crippen molar-refractivity contribution in [3.8, 4) is 0 Å². The summed E-state index contributed by atoms with van der Waals surface area (Å²) in [5, 5.41) is 8.88. The molecule has 2 unspecified atom stereocenters. The van der Waals surface area contributed by atoms with Gasteiger partial charge in [-0.2, -0.15) is 5.10 Å². The number of aromatic nitrogens is 2. The quantitative estimate of drug-likeness (QED) is 0.919. The molecule has 0 saturated carbocycles. The van der Waals surface area contributed by atoms with E-state index in [4.69, 9.17) is 11.6 Å². The van der Waals surface area contributed by atoms with E-state index in [1.54, 1.807) is 0 Å². The van der Waals surface area contributed by atoms with E-state index in [9.17, 15) is 0 Å². The van der Waals surface area contributed by atoms with Crippen LogP contribution in [0.15, 0.2) is 24.3 Å². The van der Waals surface area contributed by atoms with Crippen molar-refractivity contribution >= 4 is 11.6 Å². The number of hydrogen-bond acceptors (Lipinski definition) is 2. The molecular formula is C16H22ClN3. The fourth-order valence-corrected chi connectivity index (χ4v) is 2.95. The van der Waals surface area contributed by atoms with Gasteiger partial charge in [0.05, 0.1) is 5.69 Å². The Balaban J connectivity index is 2.17. The monoisotopic (exact) mass is 291 g/mol. The van der Waals surface area contributed by atoms with Crippen molar-refractivity contribution < 1.29 is 0 Å². The molecule has 0 fully saturated rings. The zero-order valence-corrected chi connectivity index (χ0v) is 13.5. The first kappa shape index (κ1) is 15.1. The lowest BCUT2D eigenvalue weighted by Gasteiger charge is -2.21. The number of halogens is 1. The van der Waals surface area contributed by atoms with Gasteiger partial charge in [0.1, 0.15) is 0 Å². The molecule has 1 heterocycles. The van der Waals surface area contributed by atoms with Gasteiger partial charge in [0.2, 0.25) is 0 Å². The lowest BCUT2D eigenvalue weighted by molar-refractivity contribution is 0.491. The maximum atomic E-state index is 6.06. The Morgan fingerprint density at radius 1 is 1.20 bits per heavy atom. The Kier molecular flexibility index (Phi) is 4.51. The number of aryl methyl sites for hydroxylation is 2. The van der Waals surface area contributed by atoms with Crippen LogP contribution in [0.2, 0.25) is 5.02 Å². The normalized spacial score (nSPS) is 14.3. The molecule has 2 rings (SSSR count).